The SMILES string of the molecule is CC/C=C\C/C=C\C/C=C\C/C=C\C/C=C\C/C=C\C/C=C\CCCCCCCCCC(=O)OC(CO)COC(=O)CCCCCCCCCCCCCCCCCCCCCCCCCCCCCC. The van der Waals surface area contributed by atoms with E-state index in [9.17, 15) is 14.7 Å². The van der Waals surface area contributed by atoms with Crippen LogP contribution in [0.1, 0.15) is 303 Å². The summed E-state index contributed by atoms with van der Waals surface area (Å²) >= 11 is 0. The standard InChI is InChI=1S/C66H116O5/c1-3-5-7-9-11-13-15-17-19-21-23-25-27-29-31-33-35-37-39-41-43-45-47-49-51-53-55-57-59-61-66(69)71-64(62-67)63-70-65(68)60-58-56-54-52-50-48-46-44-42-40-38-36-34-32-30-28-26-24-22-20-18-16-14-12-10-8-6-4-2/h5,7,11,13,17,19,23,25,29,31,35,37,41,43,64,67H,3-4,6,8-10,12,14-16,18,20-22,24,26-28,30,32-34,36,38-40,42,44-63H2,1-2H3/b7-5-,13-11-,19-17-,25-23-,31-29-,37-35-,43-41-. The van der Waals surface area contributed by atoms with E-state index in [0.717, 1.165) is 89.9 Å². The average Bonchev–Trinajstić information content (AvgIpc) is 3.37. The Balaban J connectivity index is 3.50. The predicted octanol–water partition coefficient (Wildman–Crippen LogP) is 20.9. The Hall–Kier alpha value is -2.92. The van der Waals surface area contributed by atoms with Gasteiger partial charge in [0.1, 0.15) is 6.61 Å². The van der Waals surface area contributed by atoms with E-state index in [-0.39, 0.29) is 25.2 Å². The van der Waals surface area contributed by atoms with Crippen molar-refractivity contribution in [2.24, 2.45) is 0 Å². The van der Waals surface area contributed by atoms with Crippen molar-refractivity contribution in [1.82, 2.24) is 0 Å². The van der Waals surface area contributed by atoms with Crippen molar-refractivity contribution in [1.29, 1.82) is 0 Å². The van der Waals surface area contributed by atoms with E-state index >= 15 is 0 Å². The van der Waals surface area contributed by atoms with Gasteiger partial charge in [-0.1, -0.05) is 304 Å². The number of aliphatic hydroxyl groups excluding tert-OH is 1. The number of aliphatic hydroxyl groups is 1. The summed E-state index contributed by atoms with van der Waals surface area (Å²) in [6.45, 7) is 4.05. The van der Waals surface area contributed by atoms with Gasteiger partial charge < -0.3 is 14.6 Å². The molecule has 0 bridgehead atoms. The molecule has 0 aliphatic rings. The van der Waals surface area contributed by atoms with Crippen molar-refractivity contribution in [3.63, 3.8) is 0 Å². The summed E-state index contributed by atoms with van der Waals surface area (Å²) in [5, 5.41) is 9.67. The molecule has 0 aliphatic carbocycles. The lowest BCUT2D eigenvalue weighted by atomic mass is 10.0. The van der Waals surface area contributed by atoms with Crippen molar-refractivity contribution in [3.8, 4) is 0 Å². The number of esters is 2. The lowest BCUT2D eigenvalue weighted by Gasteiger charge is -2.15. The number of unbranched alkanes of at least 4 members (excludes halogenated alkanes) is 34. The molecule has 0 aliphatic heterocycles. The van der Waals surface area contributed by atoms with Crippen LogP contribution >= 0.6 is 0 Å². The quantitative estimate of drug-likeness (QED) is 0.0373. The second-order valence-corrected chi connectivity index (χ2v) is 20.4. The monoisotopic (exact) mass is 989 g/mol. The second kappa shape index (κ2) is 61.4. The van der Waals surface area contributed by atoms with Crippen LogP contribution in [0.15, 0.2) is 85.1 Å². The van der Waals surface area contributed by atoms with Crippen LogP contribution < -0.4 is 0 Å². The highest BCUT2D eigenvalue weighted by atomic mass is 16.6. The summed E-state index contributed by atoms with van der Waals surface area (Å²) in [6.07, 6.45) is 85.7. The van der Waals surface area contributed by atoms with Crippen molar-refractivity contribution in [3.05, 3.63) is 85.1 Å². The first-order valence-electron chi connectivity index (χ1n) is 30.6. The molecular weight excluding hydrogens is 873 g/mol. The van der Waals surface area contributed by atoms with Crippen LogP contribution in [-0.4, -0.2) is 36.4 Å². The molecule has 5 heteroatoms. The van der Waals surface area contributed by atoms with E-state index in [1.807, 2.05) is 0 Å². The molecule has 0 fully saturated rings. The molecule has 1 unspecified atom stereocenters. The van der Waals surface area contributed by atoms with E-state index in [1.165, 1.54) is 186 Å². The summed E-state index contributed by atoms with van der Waals surface area (Å²) in [7, 11) is 0. The van der Waals surface area contributed by atoms with Gasteiger partial charge in [0.25, 0.3) is 0 Å². The van der Waals surface area contributed by atoms with Crippen LogP contribution in [0.2, 0.25) is 0 Å². The van der Waals surface area contributed by atoms with E-state index in [2.05, 4.69) is 98.9 Å². The van der Waals surface area contributed by atoms with Gasteiger partial charge >= 0.3 is 11.9 Å². The van der Waals surface area contributed by atoms with Gasteiger partial charge in [-0.2, -0.15) is 0 Å². The van der Waals surface area contributed by atoms with Crippen molar-refractivity contribution < 1.29 is 24.2 Å². The lowest BCUT2D eigenvalue weighted by Crippen LogP contribution is -2.28. The smallest absolute Gasteiger partial charge is 0.306 e. The molecule has 0 heterocycles. The number of hydrogen-bond donors (Lipinski definition) is 1. The zero-order chi connectivity index (χ0) is 51.3. The minimum absolute atomic E-state index is 0.0711. The summed E-state index contributed by atoms with van der Waals surface area (Å²) in [5.41, 5.74) is 0. The molecule has 0 saturated heterocycles. The van der Waals surface area contributed by atoms with Gasteiger partial charge in [0.05, 0.1) is 6.61 Å². The highest BCUT2D eigenvalue weighted by molar-refractivity contribution is 5.70. The highest BCUT2D eigenvalue weighted by Gasteiger charge is 2.16. The Kier molecular flexibility index (Phi) is 58.9. The van der Waals surface area contributed by atoms with E-state index < -0.39 is 6.10 Å². The van der Waals surface area contributed by atoms with E-state index in [1.54, 1.807) is 0 Å². The third-order valence-electron chi connectivity index (χ3n) is 13.5. The fourth-order valence-electron chi connectivity index (χ4n) is 8.89. The molecule has 0 aromatic rings. The summed E-state index contributed by atoms with van der Waals surface area (Å²) in [5.74, 6) is -0.595. The first-order valence-corrected chi connectivity index (χ1v) is 30.6. The Morgan fingerprint density at radius 2 is 0.606 bits per heavy atom. The van der Waals surface area contributed by atoms with Crippen LogP contribution in [0.25, 0.3) is 0 Å². The summed E-state index contributed by atoms with van der Waals surface area (Å²) < 4.78 is 10.7. The van der Waals surface area contributed by atoms with Gasteiger partial charge in [-0.05, 0) is 70.6 Å². The summed E-state index contributed by atoms with van der Waals surface area (Å²) in [6, 6.07) is 0. The fourth-order valence-corrected chi connectivity index (χ4v) is 8.89. The number of ether oxygens (including phenoxy) is 2. The molecule has 0 aromatic heterocycles. The molecular formula is C66H116O5. The molecule has 1 atom stereocenters. The number of hydrogen-bond acceptors (Lipinski definition) is 5. The average molecular weight is 990 g/mol. The second-order valence-electron chi connectivity index (χ2n) is 20.4. The van der Waals surface area contributed by atoms with Crippen molar-refractivity contribution in [2.75, 3.05) is 13.2 Å². The van der Waals surface area contributed by atoms with Gasteiger partial charge in [-0.15, -0.1) is 0 Å². The first-order chi connectivity index (χ1) is 35.1. The van der Waals surface area contributed by atoms with Crippen LogP contribution in [0.5, 0.6) is 0 Å². The number of allylic oxidation sites excluding steroid dienone is 14. The third kappa shape index (κ3) is 59.5. The normalized spacial score (nSPS) is 12.8. The molecule has 0 aromatic carbocycles. The van der Waals surface area contributed by atoms with Crippen LogP contribution in [0.4, 0.5) is 0 Å². The van der Waals surface area contributed by atoms with Crippen LogP contribution in [0.3, 0.4) is 0 Å². The third-order valence-corrected chi connectivity index (χ3v) is 13.5. The topological polar surface area (TPSA) is 72.8 Å². The maximum absolute atomic E-state index is 12.3. The Bertz CT molecular complexity index is 1300. The van der Waals surface area contributed by atoms with Crippen LogP contribution in [-0.2, 0) is 19.1 Å². The lowest BCUT2D eigenvalue weighted by molar-refractivity contribution is -0.161. The van der Waals surface area contributed by atoms with Crippen molar-refractivity contribution >= 4 is 11.9 Å². The molecule has 5 nitrogen and oxygen atoms in total. The van der Waals surface area contributed by atoms with Gasteiger partial charge in [0.15, 0.2) is 6.10 Å². The minimum Gasteiger partial charge on any atom is -0.462 e. The molecule has 0 saturated carbocycles. The Labute approximate surface area is 441 Å². The molecule has 1 N–H and O–H groups in total. The predicted molar refractivity (Wildman–Crippen MR) is 311 cm³/mol. The largest absolute Gasteiger partial charge is 0.462 e. The first kappa shape index (κ1) is 68.1. The zero-order valence-electron chi connectivity index (χ0n) is 47.0. The molecule has 0 spiro atoms. The Morgan fingerprint density at radius 3 is 0.915 bits per heavy atom. The highest BCUT2D eigenvalue weighted by Crippen LogP contribution is 2.17. The molecule has 410 valence electrons. The van der Waals surface area contributed by atoms with Gasteiger partial charge in [-0.25, -0.2) is 0 Å². The minimum atomic E-state index is -0.783. The number of carbonyl (C=O) groups is 2. The maximum atomic E-state index is 12.3. The molecule has 71 heavy (non-hydrogen) atoms. The fraction of sp³-hybridized carbons (Fsp3) is 0.758. The number of carbonyl (C=O) groups excluding carboxylic acids is 2. The van der Waals surface area contributed by atoms with Gasteiger partial charge in [0, 0.05) is 12.8 Å². The van der Waals surface area contributed by atoms with Gasteiger partial charge in [0.2, 0.25) is 0 Å². The van der Waals surface area contributed by atoms with E-state index in [0.29, 0.717) is 12.8 Å². The molecule has 0 radical (unpaired) electrons. The molecule has 0 rings (SSSR count). The Morgan fingerprint density at radius 1 is 0.338 bits per heavy atom. The zero-order valence-corrected chi connectivity index (χ0v) is 47.0. The number of rotatable bonds is 56. The summed E-state index contributed by atoms with van der Waals surface area (Å²) in [4.78, 5) is 24.6. The van der Waals surface area contributed by atoms with Gasteiger partial charge in [-0.3, -0.25) is 9.59 Å². The van der Waals surface area contributed by atoms with Crippen LogP contribution in [0, 0.1) is 0 Å². The molecule has 0 amide bonds. The maximum Gasteiger partial charge on any atom is 0.306 e. The van der Waals surface area contributed by atoms with E-state index in [4.69, 9.17) is 9.47 Å². The van der Waals surface area contributed by atoms with Crippen molar-refractivity contribution in [2.45, 2.75) is 309 Å².